The molecule has 0 amide bonds. The Morgan fingerprint density at radius 3 is 1.14 bits per heavy atom. The number of aliphatic hydroxyl groups is 1. The molecule has 0 spiro atoms. The Kier molecular flexibility index (Phi) is 8.73. The molecule has 2 aromatic rings. The van der Waals surface area contributed by atoms with Crippen LogP contribution in [0, 0.1) is 0 Å². The molecular formula is C16H6Cl10O3. The van der Waals surface area contributed by atoms with Gasteiger partial charge in [-0.1, -0.05) is 116 Å². The van der Waals surface area contributed by atoms with Crippen LogP contribution >= 0.6 is 116 Å². The maximum atomic E-state index is 12.9. The summed E-state index contributed by atoms with van der Waals surface area (Å²) in [6.07, 6.45) is 0. The van der Waals surface area contributed by atoms with Crippen LogP contribution in [0.3, 0.4) is 0 Å². The predicted octanol–water partition coefficient (Wildman–Crippen LogP) is 9.02. The molecule has 0 saturated carbocycles. The molecule has 0 fully saturated rings. The van der Waals surface area contributed by atoms with E-state index in [1.807, 2.05) is 0 Å². The number of carbonyl (C=O) groups is 1. The van der Waals surface area contributed by atoms with Crippen LogP contribution in [0.1, 0.15) is 18.1 Å². The van der Waals surface area contributed by atoms with Gasteiger partial charge in [0, 0.05) is 11.1 Å². The average molecular weight is 601 g/mol. The van der Waals surface area contributed by atoms with Crippen molar-refractivity contribution in [2.45, 2.75) is 12.5 Å². The molecule has 0 unspecified atom stereocenters. The van der Waals surface area contributed by atoms with Gasteiger partial charge in [0.15, 0.2) is 0 Å². The first-order valence-corrected chi connectivity index (χ1v) is 11.0. The molecule has 0 radical (unpaired) electrons. The van der Waals surface area contributed by atoms with Gasteiger partial charge in [0.1, 0.15) is 0 Å². The molecule has 0 aromatic heterocycles. The van der Waals surface area contributed by atoms with Crippen molar-refractivity contribution in [1.82, 2.24) is 0 Å². The third-order valence-corrected chi connectivity index (χ3v) is 8.27. The summed E-state index contributed by atoms with van der Waals surface area (Å²) in [7, 11) is 0. The minimum absolute atomic E-state index is 0.143. The molecule has 1 N–H and O–H groups in total. The van der Waals surface area contributed by atoms with Crippen molar-refractivity contribution in [3.8, 4) is 0 Å². The number of rotatable bonds is 4. The first kappa shape index (κ1) is 26.0. The van der Waals surface area contributed by atoms with Crippen LogP contribution in [0.4, 0.5) is 0 Å². The molecule has 0 aliphatic rings. The Labute approximate surface area is 215 Å². The highest BCUT2D eigenvalue weighted by atomic mass is 35.5. The zero-order chi connectivity index (χ0) is 22.4. The van der Waals surface area contributed by atoms with Crippen molar-refractivity contribution < 1.29 is 14.6 Å². The quantitative estimate of drug-likeness (QED) is 0.216. The summed E-state index contributed by atoms with van der Waals surface area (Å²) in [4.78, 5) is 12.9. The average Bonchev–Trinajstić information content (AvgIpc) is 2.68. The van der Waals surface area contributed by atoms with Gasteiger partial charge in [-0.15, -0.1) is 0 Å². The molecule has 0 atom stereocenters. The lowest BCUT2D eigenvalue weighted by atomic mass is 9.85. The van der Waals surface area contributed by atoms with E-state index >= 15 is 0 Å². The summed E-state index contributed by atoms with van der Waals surface area (Å²) >= 11 is 61.4. The lowest BCUT2D eigenvalue weighted by molar-refractivity contribution is -0.161. The zero-order valence-electron chi connectivity index (χ0n) is 13.8. The van der Waals surface area contributed by atoms with Crippen LogP contribution in [-0.2, 0) is 15.1 Å². The van der Waals surface area contributed by atoms with E-state index in [4.69, 9.17) is 121 Å². The molecule has 0 bridgehead atoms. The lowest BCUT2D eigenvalue weighted by Gasteiger charge is -2.31. The number of hydrogen-bond acceptors (Lipinski definition) is 3. The van der Waals surface area contributed by atoms with Gasteiger partial charge in [0.2, 0.25) is 5.60 Å². The van der Waals surface area contributed by atoms with E-state index in [0.29, 0.717) is 0 Å². The molecule has 2 aromatic carbocycles. The summed E-state index contributed by atoms with van der Waals surface area (Å²) < 4.78 is 4.99. The van der Waals surface area contributed by atoms with Crippen LogP contribution in [0.25, 0.3) is 0 Å². The monoisotopic (exact) mass is 596 g/mol. The Hall–Kier alpha value is 0.770. The Bertz CT molecular complexity index is 893. The number of ether oxygens (including phenoxy) is 1. The topological polar surface area (TPSA) is 46.5 Å². The summed E-state index contributed by atoms with van der Waals surface area (Å²) in [5, 5.41) is 8.41. The number of hydrogen-bond donors (Lipinski definition) is 1. The van der Waals surface area contributed by atoms with Crippen LogP contribution < -0.4 is 0 Å². The van der Waals surface area contributed by atoms with E-state index in [0.717, 1.165) is 0 Å². The van der Waals surface area contributed by atoms with Gasteiger partial charge in [-0.25, -0.2) is 4.79 Å². The summed E-state index contributed by atoms with van der Waals surface area (Å²) in [5.41, 5.74) is -3.82. The number of carbonyl (C=O) groups excluding carboxylic acids is 1. The SMILES string of the molecule is CCOC(=O)C(O)(c1c(Cl)c(Cl)c(Cl)c(Cl)c1Cl)c1c(Cl)c(Cl)c(Cl)c(Cl)c1Cl. The fraction of sp³-hybridized carbons (Fsp3) is 0.188. The van der Waals surface area contributed by atoms with Gasteiger partial charge in [0.25, 0.3) is 0 Å². The van der Waals surface area contributed by atoms with Gasteiger partial charge < -0.3 is 9.84 Å². The van der Waals surface area contributed by atoms with Gasteiger partial charge in [-0.05, 0) is 6.92 Å². The third kappa shape index (κ3) is 4.24. The Balaban J connectivity index is 3.13. The normalized spacial score (nSPS) is 11.7. The minimum atomic E-state index is -2.84. The van der Waals surface area contributed by atoms with Gasteiger partial charge in [-0.2, -0.15) is 0 Å². The van der Waals surface area contributed by atoms with Crippen LogP contribution in [-0.4, -0.2) is 17.7 Å². The molecule has 0 aliphatic carbocycles. The van der Waals surface area contributed by atoms with Gasteiger partial charge in [0.05, 0.1) is 56.8 Å². The van der Waals surface area contributed by atoms with E-state index in [9.17, 15) is 9.90 Å². The number of benzene rings is 2. The van der Waals surface area contributed by atoms with Crippen molar-refractivity contribution in [3.05, 3.63) is 61.4 Å². The first-order valence-electron chi connectivity index (χ1n) is 7.27. The second-order valence-corrected chi connectivity index (χ2v) is 9.10. The minimum Gasteiger partial charge on any atom is -0.463 e. The van der Waals surface area contributed by atoms with E-state index in [1.165, 1.54) is 6.92 Å². The number of esters is 1. The zero-order valence-corrected chi connectivity index (χ0v) is 21.3. The van der Waals surface area contributed by atoms with Crippen LogP contribution in [0.15, 0.2) is 0 Å². The second kappa shape index (κ2) is 9.72. The standard InChI is InChI=1S/C16H6Cl10O3/c1-2-29-15(27)16(28,3-5(17)9(21)13(25)10(22)6(3)18)4-7(19)11(23)14(26)12(24)8(4)20/h28H,2H2,1H3. The molecule has 0 heterocycles. The molecule has 3 nitrogen and oxygen atoms in total. The van der Waals surface area contributed by atoms with Crippen molar-refractivity contribution in [2.75, 3.05) is 6.61 Å². The highest BCUT2D eigenvalue weighted by Crippen LogP contribution is 2.54. The molecule has 0 aliphatic heterocycles. The highest BCUT2D eigenvalue weighted by molar-refractivity contribution is 6.57. The molecule has 2 rings (SSSR count). The van der Waals surface area contributed by atoms with Crippen molar-refractivity contribution in [2.24, 2.45) is 0 Å². The van der Waals surface area contributed by atoms with Crippen molar-refractivity contribution in [3.63, 3.8) is 0 Å². The maximum Gasteiger partial charge on any atom is 0.347 e. The Morgan fingerprint density at radius 2 is 0.897 bits per heavy atom. The fourth-order valence-electron chi connectivity index (χ4n) is 2.41. The molecule has 29 heavy (non-hydrogen) atoms. The van der Waals surface area contributed by atoms with Crippen LogP contribution in [0.5, 0.6) is 0 Å². The molecule has 13 heteroatoms. The maximum absolute atomic E-state index is 12.9. The highest BCUT2D eigenvalue weighted by Gasteiger charge is 2.50. The number of halogens is 10. The Morgan fingerprint density at radius 1 is 0.655 bits per heavy atom. The fourth-order valence-corrected chi connectivity index (χ4v) is 5.23. The van der Waals surface area contributed by atoms with Gasteiger partial charge in [-0.3, -0.25) is 0 Å². The van der Waals surface area contributed by atoms with E-state index in [2.05, 4.69) is 0 Å². The first-order chi connectivity index (χ1) is 13.3. The largest absolute Gasteiger partial charge is 0.463 e. The molecule has 0 saturated heterocycles. The van der Waals surface area contributed by atoms with E-state index < -0.39 is 42.8 Å². The summed E-state index contributed by atoms with van der Waals surface area (Å²) in [6.45, 7) is 1.35. The van der Waals surface area contributed by atoms with E-state index in [-0.39, 0.29) is 36.7 Å². The third-order valence-electron chi connectivity index (χ3n) is 3.71. The van der Waals surface area contributed by atoms with Gasteiger partial charge >= 0.3 is 5.97 Å². The molecule has 158 valence electrons. The second-order valence-electron chi connectivity index (χ2n) is 5.32. The van der Waals surface area contributed by atoms with Crippen molar-refractivity contribution >= 4 is 122 Å². The lowest BCUT2D eigenvalue weighted by Crippen LogP contribution is -2.40. The predicted molar refractivity (Wildman–Crippen MR) is 123 cm³/mol. The summed E-state index contributed by atoms with van der Waals surface area (Å²) in [5.74, 6) is -1.27. The smallest absolute Gasteiger partial charge is 0.347 e. The molecular weight excluding hydrogens is 595 g/mol. The van der Waals surface area contributed by atoms with E-state index in [1.54, 1.807) is 0 Å². The van der Waals surface area contributed by atoms with Crippen LogP contribution in [0.2, 0.25) is 50.2 Å². The van der Waals surface area contributed by atoms with Crippen molar-refractivity contribution in [1.29, 1.82) is 0 Å². The summed E-state index contributed by atoms with van der Waals surface area (Å²) in [6, 6.07) is 0.